The van der Waals surface area contributed by atoms with Crippen LogP contribution in [0.1, 0.15) is 82.3 Å². The molecule has 2 aliphatic heterocycles. The molecule has 2 aliphatic rings. The molecule has 0 unspecified atom stereocenters. The molecule has 1 aromatic rings. The molecule has 224 valence electrons. The van der Waals surface area contributed by atoms with Crippen LogP contribution in [0.3, 0.4) is 0 Å². The molecule has 1 amide bonds. The van der Waals surface area contributed by atoms with Crippen molar-refractivity contribution in [3.05, 3.63) is 34.7 Å². The van der Waals surface area contributed by atoms with Crippen LogP contribution in [0.4, 0.5) is 5.69 Å². The molecule has 2 N–H and O–H groups in total. The molecular formula is C28H44N4O6S2. The van der Waals surface area contributed by atoms with Crippen LogP contribution in [-0.4, -0.2) is 76.0 Å². The van der Waals surface area contributed by atoms with Crippen molar-refractivity contribution in [3.63, 3.8) is 0 Å². The van der Waals surface area contributed by atoms with E-state index in [1.807, 2.05) is 0 Å². The number of nitrogens with zero attached hydrogens (tertiary/aromatic N) is 3. The Kier molecular flexibility index (Phi) is 11.3. The summed E-state index contributed by atoms with van der Waals surface area (Å²) in [6.45, 7) is 3.99. The Morgan fingerprint density at radius 1 is 1.07 bits per heavy atom. The van der Waals surface area contributed by atoms with Crippen LogP contribution in [0.25, 0.3) is 6.08 Å². The SMILES string of the molecule is CCCCCCCCCC1=NC2(CCN(S(=O)(=O)/C=C/c3ccc(N(CCO)S(C)(=O)=O)cc3C)CC2)C(=O)N1. The van der Waals surface area contributed by atoms with E-state index in [0.717, 1.165) is 41.1 Å². The number of hydrogen-bond donors (Lipinski definition) is 2. The van der Waals surface area contributed by atoms with E-state index in [-0.39, 0.29) is 32.1 Å². The lowest BCUT2D eigenvalue weighted by Crippen LogP contribution is -2.50. The van der Waals surface area contributed by atoms with Gasteiger partial charge in [-0.05, 0) is 55.5 Å². The summed E-state index contributed by atoms with van der Waals surface area (Å²) in [4.78, 5) is 17.5. The normalized spacial score (nSPS) is 17.9. The summed E-state index contributed by atoms with van der Waals surface area (Å²) in [6, 6.07) is 4.89. The van der Waals surface area contributed by atoms with E-state index >= 15 is 0 Å². The number of amides is 1. The number of hydrogen-bond acceptors (Lipinski definition) is 7. The number of carbonyl (C=O) groups excluding carboxylic acids is 1. The lowest BCUT2D eigenvalue weighted by Gasteiger charge is -2.34. The number of amidine groups is 1. The summed E-state index contributed by atoms with van der Waals surface area (Å²) < 4.78 is 52.7. The van der Waals surface area contributed by atoms with Gasteiger partial charge in [-0.1, -0.05) is 51.5 Å². The van der Waals surface area contributed by atoms with Gasteiger partial charge >= 0.3 is 0 Å². The van der Waals surface area contributed by atoms with Crippen molar-refractivity contribution < 1.29 is 26.7 Å². The highest BCUT2D eigenvalue weighted by Gasteiger charge is 2.46. The van der Waals surface area contributed by atoms with E-state index in [1.165, 1.54) is 42.5 Å². The molecule has 1 saturated heterocycles. The van der Waals surface area contributed by atoms with Crippen molar-refractivity contribution in [2.45, 2.75) is 83.6 Å². The Morgan fingerprint density at radius 2 is 1.73 bits per heavy atom. The lowest BCUT2D eigenvalue weighted by molar-refractivity contribution is -0.124. The van der Waals surface area contributed by atoms with Gasteiger partial charge in [-0.25, -0.2) is 16.8 Å². The lowest BCUT2D eigenvalue weighted by atomic mass is 9.89. The molecule has 0 atom stereocenters. The highest BCUT2D eigenvalue weighted by atomic mass is 32.2. The quantitative estimate of drug-likeness (QED) is 0.297. The van der Waals surface area contributed by atoms with Crippen LogP contribution in [0.5, 0.6) is 0 Å². The molecule has 40 heavy (non-hydrogen) atoms. The van der Waals surface area contributed by atoms with Crippen LogP contribution in [0.15, 0.2) is 28.6 Å². The van der Waals surface area contributed by atoms with Gasteiger partial charge in [0.15, 0.2) is 0 Å². The minimum absolute atomic E-state index is 0.0685. The molecule has 0 bridgehead atoms. The number of aliphatic hydroxyl groups excluding tert-OH is 1. The molecule has 1 spiro atoms. The van der Waals surface area contributed by atoms with Gasteiger partial charge in [-0.3, -0.25) is 14.1 Å². The fourth-order valence-corrected chi connectivity index (χ4v) is 7.32. The van der Waals surface area contributed by atoms with E-state index in [1.54, 1.807) is 25.1 Å². The van der Waals surface area contributed by atoms with Crippen LogP contribution >= 0.6 is 0 Å². The zero-order valence-corrected chi connectivity index (χ0v) is 25.6. The number of benzene rings is 1. The standard InChI is InChI=1S/C28H44N4O6S2/c1-4-5-6-7-8-9-10-11-26-29-27(34)28(30-26)15-17-31(18-16-28)40(37,38)21-14-24-12-13-25(22-23(24)2)32(19-20-33)39(3,35)36/h12-14,21-22,33H,4-11,15-20H2,1-3H3,(H,29,30,34)/b21-14+. The fraction of sp³-hybridized carbons (Fsp3) is 0.643. The highest BCUT2D eigenvalue weighted by Crippen LogP contribution is 2.32. The van der Waals surface area contributed by atoms with E-state index in [2.05, 4.69) is 12.2 Å². The average Bonchev–Trinajstić information content (AvgIpc) is 3.19. The Balaban J connectivity index is 1.58. The van der Waals surface area contributed by atoms with Gasteiger partial charge in [-0.2, -0.15) is 4.31 Å². The third-order valence-corrected chi connectivity index (χ3v) is 10.4. The van der Waals surface area contributed by atoms with E-state index < -0.39 is 25.6 Å². The Bertz CT molecular complexity index is 1300. The number of sulfonamides is 2. The molecule has 3 rings (SSSR count). The molecule has 0 aliphatic carbocycles. The first-order chi connectivity index (χ1) is 18.9. The summed E-state index contributed by atoms with van der Waals surface area (Å²) in [5, 5.41) is 13.3. The Labute approximate surface area is 239 Å². The van der Waals surface area contributed by atoms with Crippen molar-refractivity contribution in [2.75, 3.05) is 36.8 Å². The van der Waals surface area contributed by atoms with Crippen molar-refractivity contribution in [2.24, 2.45) is 4.99 Å². The Hall–Kier alpha value is -2.28. The summed E-state index contributed by atoms with van der Waals surface area (Å²) in [7, 11) is -7.30. The Morgan fingerprint density at radius 3 is 2.33 bits per heavy atom. The van der Waals surface area contributed by atoms with Crippen LogP contribution < -0.4 is 9.62 Å². The smallest absolute Gasteiger partial charge is 0.253 e. The molecule has 0 radical (unpaired) electrons. The molecular weight excluding hydrogens is 552 g/mol. The van der Waals surface area contributed by atoms with Gasteiger partial charge in [0, 0.05) is 24.9 Å². The number of carbonyl (C=O) groups is 1. The van der Waals surface area contributed by atoms with Crippen LogP contribution in [0.2, 0.25) is 0 Å². The maximum atomic E-state index is 13.1. The summed E-state index contributed by atoms with van der Waals surface area (Å²) in [5.74, 6) is 0.597. The number of aliphatic imine (C=N–C) groups is 1. The monoisotopic (exact) mass is 596 g/mol. The first-order valence-corrected chi connectivity index (χ1v) is 17.5. The summed E-state index contributed by atoms with van der Waals surface area (Å²) >= 11 is 0. The highest BCUT2D eigenvalue weighted by molar-refractivity contribution is 7.92. The first-order valence-electron chi connectivity index (χ1n) is 14.2. The second-order valence-corrected chi connectivity index (χ2v) is 14.5. The second kappa shape index (κ2) is 14.1. The van der Waals surface area contributed by atoms with Crippen LogP contribution in [-0.2, 0) is 24.8 Å². The third kappa shape index (κ3) is 8.37. The van der Waals surface area contributed by atoms with Crippen molar-refractivity contribution >= 4 is 43.6 Å². The molecule has 1 aromatic carbocycles. The average molecular weight is 597 g/mol. The summed E-state index contributed by atoms with van der Waals surface area (Å²) in [5.41, 5.74) is 0.849. The zero-order valence-electron chi connectivity index (χ0n) is 23.9. The minimum atomic E-state index is -3.73. The molecule has 10 nitrogen and oxygen atoms in total. The third-order valence-electron chi connectivity index (χ3n) is 7.62. The molecule has 12 heteroatoms. The second-order valence-electron chi connectivity index (χ2n) is 10.8. The van der Waals surface area contributed by atoms with Gasteiger partial charge in [0.05, 0.1) is 25.1 Å². The number of aryl methyl sites for hydroxylation is 1. The van der Waals surface area contributed by atoms with Gasteiger partial charge in [-0.15, -0.1) is 0 Å². The van der Waals surface area contributed by atoms with Gasteiger partial charge < -0.3 is 10.4 Å². The zero-order chi connectivity index (χ0) is 29.4. The maximum absolute atomic E-state index is 13.1. The van der Waals surface area contributed by atoms with E-state index in [9.17, 15) is 26.7 Å². The topological polar surface area (TPSA) is 136 Å². The van der Waals surface area contributed by atoms with Gasteiger partial charge in [0.25, 0.3) is 5.91 Å². The number of anilines is 1. The number of piperidine rings is 1. The molecule has 2 heterocycles. The predicted molar refractivity (Wildman–Crippen MR) is 160 cm³/mol. The van der Waals surface area contributed by atoms with Crippen molar-refractivity contribution in [3.8, 4) is 0 Å². The van der Waals surface area contributed by atoms with Crippen molar-refractivity contribution in [1.29, 1.82) is 0 Å². The predicted octanol–water partition coefficient (Wildman–Crippen LogP) is 3.56. The van der Waals surface area contributed by atoms with Gasteiger partial charge in [0.2, 0.25) is 20.0 Å². The summed E-state index contributed by atoms with van der Waals surface area (Å²) in [6.07, 6.45) is 12.3. The number of aliphatic hydroxyl groups is 1. The maximum Gasteiger partial charge on any atom is 0.253 e. The largest absolute Gasteiger partial charge is 0.394 e. The number of nitrogens with one attached hydrogen (secondary N) is 1. The molecule has 0 aromatic heterocycles. The van der Waals surface area contributed by atoms with Crippen molar-refractivity contribution in [1.82, 2.24) is 9.62 Å². The van der Waals surface area contributed by atoms with E-state index in [0.29, 0.717) is 29.7 Å². The first kappa shape index (κ1) is 32.2. The van der Waals surface area contributed by atoms with Gasteiger partial charge in [0.1, 0.15) is 11.4 Å². The van der Waals surface area contributed by atoms with Crippen LogP contribution in [0, 0.1) is 6.92 Å². The number of unbranched alkanes of at least 4 members (excludes halogenated alkanes) is 6. The van der Waals surface area contributed by atoms with E-state index in [4.69, 9.17) is 4.99 Å². The fourth-order valence-electron chi connectivity index (χ4n) is 5.23. The molecule has 0 saturated carbocycles. The number of rotatable bonds is 15. The minimum Gasteiger partial charge on any atom is -0.394 e. The molecule has 1 fully saturated rings.